The van der Waals surface area contributed by atoms with Crippen LogP contribution in [0.3, 0.4) is 0 Å². The summed E-state index contributed by atoms with van der Waals surface area (Å²) in [6.07, 6.45) is 0.536. The maximum Gasteiger partial charge on any atom is 0.216 e. The monoisotopic (exact) mass is 582 g/mol. The zero-order chi connectivity index (χ0) is 23.9. The summed E-state index contributed by atoms with van der Waals surface area (Å²) in [4.78, 5) is 24.1. The van der Waals surface area contributed by atoms with Crippen molar-refractivity contribution in [2.75, 3.05) is 12.3 Å². The lowest BCUT2D eigenvalue weighted by Gasteiger charge is -2.11. The van der Waals surface area contributed by atoms with Crippen molar-refractivity contribution in [3.8, 4) is 16.8 Å². The van der Waals surface area contributed by atoms with Gasteiger partial charge in [0.15, 0.2) is 10.9 Å². The Morgan fingerprint density at radius 3 is 2.26 bits per heavy atom. The van der Waals surface area contributed by atoms with Crippen molar-refractivity contribution in [3.63, 3.8) is 0 Å². The molecule has 0 bridgehead atoms. The summed E-state index contributed by atoms with van der Waals surface area (Å²) in [7, 11) is 0. The molecule has 0 unspecified atom stereocenters. The van der Waals surface area contributed by atoms with Gasteiger partial charge < -0.3 is 5.32 Å². The van der Waals surface area contributed by atoms with Crippen molar-refractivity contribution in [1.29, 1.82) is 0 Å². The van der Waals surface area contributed by atoms with Crippen LogP contribution in [0.15, 0.2) is 84.0 Å². The first-order valence-electron chi connectivity index (χ1n) is 10.8. The number of benzene rings is 3. The number of thioether (sulfide) groups is 1. The predicted molar refractivity (Wildman–Crippen MR) is 143 cm³/mol. The molecule has 4 aromatic rings. The van der Waals surface area contributed by atoms with E-state index in [4.69, 9.17) is 0 Å². The van der Waals surface area contributed by atoms with Gasteiger partial charge in [-0.2, -0.15) is 0 Å². The van der Waals surface area contributed by atoms with Crippen LogP contribution in [-0.2, 0) is 11.2 Å². The molecule has 4 rings (SSSR count). The first-order chi connectivity index (χ1) is 16.5. The summed E-state index contributed by atoms with van der Waals surface area (Å²) in [5, 5.41) is 12.1. The molecule has 0 atom stereocenters. The summed E-state index contributed by atoms with van der Waals surface area (Å²) in [5.41, 5.74) is 3.78. The van der Waals surface area contributed by atoms with E-state index in [1.165, 1.54) is 18.7 Å². The number of carbonyl (C=O) groups excluding carboxylic acids is 2. The molecular weight excluding hydrogens is 559 g/mol. The number of nitrogens with one attached hydrogen (secondary N) is 1. The van der Waals surface area contributed by atoms with Gasteiger partial charge in [0.05, 0.1) is 5.75 Å². The van der Waals surface area contributed by atoms with Gasteiger partial charge in [0.1, 0.15) is 5.82 Å². The third kappa shape index (κ3) is 6.12. The van der Waals surface area contributed by atoms with Gasteiger partial charge >= 0.3 is 0 Å². The zero-order valence-electron chi connectivity index (χ0n) is 18.6. The molecule has 0 radical (unpaired) electrons. The van der Waals surface area contributed by atoms with E-state index < -0.39 is 0 Å². The molecule has 6 nitrogen and oxygen atoms in total. The number of amides is 1. The highest BCUT2D eigenvalue weighted by Gasteiger charge is 2.17. The minimum Gasteiger partial charge on any atom is -0.356 e. The van der Waals surface area contributed by atoms with Gasteiger partial charge in [-0.1, -0.05) is 66.4 Å². The quantitative estimate of drug-likeness (QED) is 0.167. The lowest BCUT2D eigenvalue weighted by atomic mass is 10.0. The lowest BCUT2D eigenvalue weighted by molar-refractivity contribution is -0.118. The molecule has 0 saturated heterocycles. The molecule has 0 aliphatic rings. The van der Waals surface area contributed by atoms with Gasteiger partial charge in [-0.05, 0) is 58.0 Å². The van der Waals surface area contributed by atoms with Crippen molar-refractivity contribution in [1.82, 2.24) is 20.1 Å². The van der Waals surface area contributed by atoms with Crippen LogP contribution in [0.2, 0.25) is 0 Å². The average molecular weight is 582 g/mol. The van der Waals surface area contributed by atoms with Crippen LogP contribution >= 0.6 is 34.4 Å². The maximum absolute atomic E-state index is 12.9. The summed E-state index contributed by atoms with van der Waals surface area (Å²) in [6.45, 7) is 1.96. The summed E-state index contributed by atoms with van der Waals surface area (Å²) in [5.74, 6) is 0.927. The van der Waals surface area contributed by atoms with E-state index in [1.54, 1.807) is 0 Å². The molecule has 1 heterocycles. The van der Waals surface area contributed by atoms with E-state index in [2.05, 4.69) is 38.1 Å². The van der Waals surface area contributed by atoms with Gasteiger partial charge in [0, 0.05) is 34.7 Å². The first-order valence-corrected chi connectivity index (χ1v) is 12.8. The largest absolute Gasteiger partial charge is 0.356 e. The number of halogens is 1. The fourth-order valence-electron chi connectivity index (χ4n) is 3.45. The molecule has 0 aliphatic heterocycles. The van der Waals surface area contributed by atoms with Gasteiger partial charge in [-0.3, -0.25) is 14.2 Å². The number of rotatable bonds is 9. The van der Waals surface area contributed by atoms with E-state index in [0.29, 0.717) is 23.7 Å². The molecule has 172 valence electrons. The second-order valence-electron chi connectivity index (χ2n) is 7.60. The Hall–Kier alpha value is -2.98. The Morgan fingerprint density at radius 1 is 0.912 bits per heavy atom. The molecule has 34 heavy (non-hydrogen) atoms. The van der Waals surface area contributed by atoms with E-state index >= 15 is 0 Å². The van der Waals surface area contributed by atoms with Crippen LogP contribution in [0.5, 0.6) is 0 Å². The number of ketones is 1. The minimum absolute atomic E-state index is 0.0292. The van der Waals surface area contributed by atoms with Crippen molar-refractivity contribution in [2.45, 2.75) is 18.5 Å². The number of nitrogens with zero attached hydrogens (tertiary/aromatic N) is 3. The zero-order valence-corrected chi connectivity index (χ0v) is 21.5. The van der Waals surface area contributed by atoms with Gasteiger partial charge in [0.2, 0.25) is 5.91 Å². The predicted octanol–water partition coefficient (Wildman–Crippen LogP) is 5.19. The van der Waals surface area contributed by atoms with E-state index in [1.807, 2.05) is 83.4 Å². The Balaban J connectivity index is 1.49. The van der Waals surface area contributed by atoms with Crippen LogP contribution in [0.4, 0.5) is 0 Å². The fourth-order valence-corrected chi connectivity index (χ4v) is 4.67. The number of carbonyl (C=O) groups is 2. The molecule has 1 N–H and O–H groups in total. The Bertz CT molecular complexity index is 1270. The molecule has 0 saturated carbocycles. The highest BCUT2D eigenvalue weighted by Crippen LogP contribution is 2.25. The van der Waals surface area contributed by atoms with Crippen LogP contribution in [0.1, 0.15) is 23.1 Å². The van der Waals surface area contributed by atoms with Crippen molar-refractivity contribution in [3.05, 3.63) is 93.8 Å². The maximum atomic E-state index is 12.9. The number of Topliss-reactive ketones (excluding diaryl/α,β-unsaturated/α-hetero) is 1. The van der Waals surface area contributed by atoms with Crippen LogP contribution in [0.25, 0.3) is 16.8 Å². The average Bonchev–Trinajstić information content (AvgIpc) is 3.26. The second-order valence-corrected chi connectivity index (χ2v) is 9.79. The molecule has 0 spiro atoms. The lowest BCUT2D eigenvalue weighted by Crippen LogP contribution is -2.23. The molecule has 8 heteroatoms. The number of aromatic nitrogens is 3. The van der Waals surface area contributed by atoms with Crippen molar-refractivity contribution >= 4 is 46.0 Å². The molecule has 3 aromatic carbocycles. The van der Waals surface area contributed by atoms with Crippen LogP contribution in [-0.4, -0.2) is 38.8 Å². The Kier molecular flexibility index (Phi) is 8.12. The third-order valence-electron chi connectivity index (χ3n) is 5.15. The van der Waals surface area contributed by atoms with Crippen LogP contribution in [0, 0.1) is 3.57 Å². The summed E-state index contributed by atoms with van der Waals surface area (Å²) in [6, 6.07) is 25.8. The number of hydrogen-bond acceptors (Lipinski definition) is 5. The highest BCUT2D eigenvalue weighted by molar-refractivity contribution is 14.1. The van der Waals surface area contributed by atoms with Crippen molar-refractivity contribution < 1.29 is 9.59 Å². The van der Waals surface area contributed by atoms with Gasteiger partial charge in [-0.25, -0.2) is 0 Å². The summed E-state index contributed by atoms with van der Waals surface area (Å²) >= 11 is 3.62. The van der Waals surface area contributed by atoms with Crippen LogP contribution < -0.4 is 5.32 Å². The minimum atomic E-state index is -0.0844. The molecular formula is C26H23IN4O2S. The molecule has 0 aliphatic carbocycles. The third-order valence-corrected chi connectivity index (χ3v) is 6.80. The molecule has 1 amide bonds. The topological polar surface area (TPSA) is 76.9 Å². The summed E-state index contributed by atoms with van der Waals surface area (Å²) < 4.78 is 3.08. The first kappa shape index (κ1) is 24.2. The van der Waals surface area contributed by atoms with Crippen molar-refractivity contribution in [2.24, 2.45) is 0 Å². The fraction of sp³-hybridized carbons (Fsp3) is 0.154. The standard InChI is InChI=1S/C26H23IN4O2S/c1-18(32)28-16-15-25-29-30-26(31(25)23-13-11-22(27)12-14-23)34-17-24(33)21-9-7-20(8-10-21)19-5-3-2-4-6-19/h2-14H,15-17H2,1H3,(H,28,32). The second kappa shape index (κ2) is 11.4. The highest BCUT2D eigenvalue weighted by atomic mass is 127. The van der Waals surface area contributed by atoms with Gasteiger partial charge in [0.25, 0.3) is 0 Å². The number of hydrogen-bond donors (Lipinski definition) is 1. The SMILES string of the molecule is CC(=O)NCCc1nnc(SCC(=O)c2ccc(-c3ccccc3)cc2)n1-c1ccc(I)cc1. The molecule has 0 fully saturated rings. The smallest absolute Gasteiger partial charge is 0.216 e. The van der Waals surface area contributed by atoms with E-state index in [9.17, 15) is 9.59 Å². The van der Waals surface area contributed by atoms with Gasteiger partial charge in [-0.15, -0.1) is 10.2 Å². The Labute approximate surface area is 216 Å². The van der Waals surface area contributed by atoms with E-state index in [0.717, 1.165) is 26.2 Å². The normalized spacial score (nSPS) is 10.8. The van der Waals surface area contributed by atoms with E-state index in [-0.39, 0.29) is 17.4 Å². The Morgan fingerprint density at radius 2 is 1.59 bits per heavy atom. The molecule has 1 aromatic heterocycles.